The van der Waals surface area contributed by atoms with Crippen LogP contribution in [-0.2, 0) is 0 Å². The van der Waals surface area contributed by atoms with Crippen LogP contribution in [0.4, 0.5) is 14.5 Å². The minimum absolute atomic E-state index is 0.0926. The Morgan fingerprint density at radius 1 is 1.45 bits per heavy atom. The molecular formula is C7H8F2N2. The van der Waals surface area contributed by atoms with Crippen molar-refractivity contribution in [1.82, 2.24) is 4.98 Å². The molecule has 1 heterocycles. The van der Waals surface area contributed by atoms with Crippen LogP contribution < -0.4 is 5.73 Å². The molecule has 0 saturated carbocycles. The first-order chi connectivity index (χ1) is 5.13. The summed E-state index contributed by atoms with van der Waals surface area (Å²) in [6.45, 7) is 1.55. The van der Waals surface area contributed by atoms with Crippen molar-refractivity contribution in [3.8, 4) is 0 Å². The van der Waals surface area contributed by atoms with Crippen molar-refractivity contribution in [2.75, 3.05) is 5.73 Å². The highest BCUT2D eigenvalue weighted by atomic mass is 19.3. The van der Waals surface area contributed by atoms with Gasteiger partial charge in [0, 0.05) is 11.8 Å². The van der Waals surface area contributed by atoms with Crippen LogP contribution in [0.5, 0.6) is 0 Å². The molecular weight excluding hydrogens is 150 g/mol. The third-order valence-corrected chi connectivity index (χ3v) is 1.53. The molecule has 1 rings (SSSR count). The number of anilines is 1. The molecule has 2 nitrogen and oxygen atoms in total. The van der Waals surface area contributed by atoms with Crippen LogP contribution in [0.1, 0.15) is 17.6 Å². The molecule has 0 spiro atoms. The van der Waals surface area contributed by atoms with Gasteiger partial charge in [0.2, 0.25) is 0 Å². The number of nitrogen functional groups attached to an aromatic ring is 1. The summed E-state index contributed by atoms with van der Waals surface area (Å²) < 4.78 is 24.2. The van der Waals surface area contributed by atoms with Crippen molar-refractivity contribution >= 4 is 5.69 Å². The molecule has 0 aliphatic carbocycles. The van der Waals surface area contributed by atoms with E-state index in [-0.39, 0.29) is 5.56 Å². The highest BCUT2D eigenvalue weighted by Crippen LogP contribution is 2.24. The maximum Gasteiger partial charge on any atom is 0.265 e. The van der Waals surface area contributed by atoms with Gasteiger partial charge < -0.3 is 5.73 Å². The highest BCUT2D eigenvalue weighted by molar-refractivity contribution is 5.47. The van der Waals surface area contributed by atoms with Gasteiger partial charge in [0.15, 0.2) is 0 Å². The number of nitrogens with zero attached hydrogens (tertiary/aromatic N) is 1. The van der Waals surface area contributed by atoms with Gasteiger partial charge in [-0.15, -0.1) is 0 Å². The van der Waals surface area contributed by atoms with Gasteiger partial charge in [-0.3, -0.25) is 4.98 Å². The fraction of sp³-hybridized carbons (Fsp3) is 0.286. The first-order valence-corrected chi connectivity index (χ1v) is 3.11. The van der Waals surface area contributed by atoms with E-state index in [1.165, 1.54) is 6.20 Å². The molecule has 0 unspecified atom stereocenters. The van der Waals surface area contributed by atoms with E-state index in [1.807, 2.05) is 0 Å². The van der Waals surface area contributed by atoms with E-state index in [1.54, 1.807) is 6.92 Å². The molecule has 0 aliphatic rings. The molecule has 0 saturated heterocycles. The summed E-state index contributed by atoms with van der Waals surface area (Å²) in [5.74, 6) is 0. The Morgan fingerprint density at radius 3 is 2.55 bits per heavy atom. The van der Waals surface area contributed by atoms with Gasteiger partial charge in [-0.25, -0.2) is 8.78 Å². The third kappa shape index (κ3) is 1.45. The molecule has 2 N–H and O–H groups in total. The van der Waals surface area contributed by atoms with Gasteiger partial charge in [-0.2, -0.15) is 0 Å². The summed E-state index contributed by atoms with van der Waals surface area (Å²) in [4.78, 5) is 3.56. The van der Waals surface area contributed by atoms with Gasteiger partial charge in [0.1, 0.15) is 0 Å². The molecule has 0 atom stereocenters. The number of pyridine rings is 1. The predicted molar refractivity (Wildman–Crippen MR) is 38.3 cm³/mol. The smallest absolute Gasteiger partial charge is 0.265 e. The van der Waals surface area contributed by atoms with Crippen molar-refractivity contribution < 1.29 is 8.78 Å². The molecule has 1 aromatic rings. The van der Waals surface area contributed by atoms with Crippen molar-refractivity contribution in [2.45, 2.75) is 13.3 Å². The van der Waals surface area contributed by atoms with E-state index in [2.05, 4.69) is 4.98 Å². The van der Waals surface area contributed by atoms with Crippen molar-refractivity contribution in [2.24, 2.45) is 0 Å². The fourth-order valence-corrected chi connectivity index (χ4v) is 0.778. The van der Waals surface area contributed by atoms with E-state index in [0.717, 1.165) is 6.20 Å². The Balaban J connectivity index is 3.17. The Labute approximate surface area is 63.1 Å². The summed E-state index contributed by atoms with van der Waals surface area (Å²) >= 11 is 0. The molecule has 0 radical (unpaired) electrons. The number of hydrogen-bond donors (Lipinski definition) is 1. The molecule has 0 aromatic carbocycles. The van der Waals surface area contributed by atoms with Crippen LogP contribution in [0, 0.1) is 6.92 Å². The molecule has 60 valence electrons. The van der Waals surface area contributed by atoms with Gasteiger partial charge in [-0.05, 0) is 12.5 Å². The predicted octanol–water partition coefficient (Wildman–Crippen LogP) is 1.91. The van der Waals surface area contributed by atoms with Crippen LogP contribution in [0.3, 0.4) is 0 Å². The van der Waals surface area contributed by atoms with Crippen molar-refractivity contribution in [3.63, 3.8) is 0 Å². The lowest BCUT2D eigenvalue weighted by molar-refractivity contribution is 0.150. The Bertz CT molecular complexity index is 261. The number of rotatable bonds is 1. The minimum atomic E-state index is -2.49. The molecule has 0 fully saturated rings. The van der Waals surface area contributed by atoms with E-state index in [4.69, 9.17) is 5.73 Å². The normalized spacial score (nSPS) is 10.5. The zero-order valence-electron chi connectivity index (χ0n) is 6.01. The van der Waals surface area contributed by atoms with Gasteiger partial charge in [-0.1, -0.05) is 0 Å². The number of hydrogen-bond acceptors (Lipinski definition) is 2. The van der Waals surface area contributed by atoms with Gasteiger partial charge in [0.25, 0.3) is 6.43 Å². The maximum absolute atomic E-state index is 12.1. The first-order valence-electron chi connectivity index (χ1n) is 3.11. The number of alkyl halides is 2. The van der Waals surface area contributed by atoms with Crippen LogP contribution in [0.15, 0.2) is 12.4 Å². The standard InChI is InChI=1S/C7H8F2N2/c1-4-5(7(8)9)2-11-3-6(4)10/h2-3,7H,10H2,1H3. The second-order valence-electron chi connectivity index (χ2n) is 2.24. The summed E-state index contributed by atoms with van der Waals surface area (Å²) in [6, 6.07) is 0. The lowest BCUT2D eigenvalue weighted by Crippen LogP contribution is -1.97. The molecule has 1 aromatic heterocycles. The number of aromatic nitrogens is 1. The monoisotopic (exact) mass is 158 g/mol. The number of nitrogens with two attached hydrogens (primary N) is 1. The van der Waals surface area contributed by atoms with E-state index >= 15 is 0 Å². The summed E-state index contributed by atoms with van der Waals surface area (Å²) in [6.07, 6.45) is 0.00315. The maximum atomic E-state index is 12.1. The lowest BCUT2D eigenvalue weighted by Gasteiger charge is -2.04. The molecule has 11 heavy (non-hydrogen) atoms. The van der Waals surface area contributed by atoms with Crippen LogP contribution in [0.25, 0.3) is 0 Å². The molecule has 0 aliphatic heterocycles. The van der Waals surface area contributed by atoms with Crippen LogP contribution in [0.2, 0.25) is 0 Å². The Hall–Kier alpha value is -1.19. The topological polar surface area (TPSA) is 38.9 Å². The fourth-order valence-electron chi connectivity index (χ4n) is 0.778. The first kappa shape index (κ1) is 7.91. The zero-order chi connectivity index (χ0) is 8.43. The SMILES string of the molecule is Cc1c(N)cncc1C(F)F. The van der Waals surface area contributed by atoms with Crippen molar-refractivity contribution in [1.29, 1.82) is 0 Å². The Morgan fingerprint density at radius 2 is 2.09 bits per heavy atom. The largest absolute Gasteiger partial charge is 0.397 e. The van der Waals surface area contributed by atoms with Crippen LogP contribution in [-0.4, -0.2) is 4.98 Å². The minimum Gasteiger partial charge on any atom is -0.397 e. The van der Waals surface area contributed by atoms with Gasteiger partial charge >= 0.3 is 0 Å². The second-order valence-corrected chi connectivity index (χ2v) is 2.24. The quantitative estimate of drug-likeness (QED) is 0.678. The summed E-state index contributed by atoms with van der Waals surface area (Å²) in [5, 5.41) is 0. The second kappa shape index (κ2) is 2.82. The molecule has 0 amide bonds. The average Bonchev–Trinajstić information content (AvgIpc) is 1.94. The van der Waals surface area contributed by atoms with E-state index in [0.29, 0.717) is 11.3 Å². The number of halogens is 2. The highest BCUT2D eigenvalue weighted by Gasteiger charge is 2.11. The average molecular weight is 158 g/mol. The third-order valence-electron chi connectivity index (χ3n) is 1.53. The zero-order valence-corrected chi connectivity index (χ0v) is 6.01. The van der Waals surface area contributed by atoms with E-state index in [9.17, 15) is 8.78 Å². The lowest BCUT2D eigenvalue weighted by atomic mass is 10.1. The van der Waals surface area contributed by atoms with E-state index < -0.39 is 6.43 Å². The van der Waals surface area contributed by atoms with Crippen LogP contribution >= 0.6 is 0 Å². The Kier molecular flexibility index (Phi) is 2.03. The van der Waals surface area contributed by atoms with Gasteiger partial charge in [0.05, 0.1) is 11.9 Å². The summed E-state index contributed by atoms with van der Waals surface area (Å²) in [5.41, 5.74) is 5.99. The molecule has 4 heteroatoms. The summed E-state index contributed by atoms with van der Waals surface area (Å²) in [7, 11) is 0. The van der Waals surface area contributed by atoms with Crippen molar-refractivity contribution in [3.05, 3.63) is 23.5 Å². The molecule has 0 bridgehead atoms.